The number of urea groups is 1. The summed E-state index contributed by atoms with van der Waals surface area (Å²) in [7, 11) is 1.55. The van der Waals surface area contributed by atoms with Crippen molar-refractivity contribution in [2.75, 3.05) is 26.9 Å². The van der Waals surface area contributed by atoms with Gasteiger partial charge in [0.25, 0.3) is 0 Å². The van der Waals surface area contributed by atoms with Gasteiger partial charge in [-0.1, -0.05) is 0 Å². The summed E-state index contributed by atoms with van der Waals surface area (Å²) in [5, 5.41) is 14.2. The van der Waals surface area contributed by atoms with Gasteiger partial charge in [0.1, 0.15) is 6.04 Å². The molecule has 110 valence electrons. The van der Waals surface area contributed by atoms with Gasteiger partial charge >= 0.3 is 12.0 Å². The third kappa shape index (κ3) is 6.40. The molecule has 0 aromatic carbocycles. The molecule has 19 heavy (non-hydrogen) atoms. The molecule has 7 heteroatoms. The molecule has 0 radical (unpaired) electrons. The minimum Gasteiger partial charge on any atom is -0.480 e. The van der Waals surface area contributed by atoms with Crippen LogP contribution in [0.2, 0.25) is 0 Å². The third-order valence-electron chi connectivity index (χ3n) is 2.94. The lowest BCUT2D eigenvalue weighted by molar-refractivity contribution is -0.139. The monoisotopic (exact) mass is 274 g/mol. The fraction of sp³-hybridized carbons (Fsp3) is 0.833. The maximum atomic E-state index is 11.7. The van der Waals surface area contributed by atoms with E-state index >= 15 is 0 Å². The maximum Gasteiger partial charge on any atom is 0.326 e. The highest BCUT2D eigenvalue weighted by Crippen LogP contribution is 2.05. The molecular formula is C12H22N2O5. The number of rotatable bonds is 7. The zero-order valence-electron chi connectivity index (χ0n) is 11.2. The molecule has 1 fully saturated rings. The highest BCUT2D eigenvalue weighted by atomic mass is 16.5. The van der Waals surface area contributed by atoms with Crippen LogP contribution < -0.4 is 10.6 Å². The lowest BCUT2D eigenvalue weighted by Crippen LogP contribution is -2.50. The molecular weight excluding hydrogens is 252 g/mol. The van der Waals surface area contributed by atoms with Crippen LogP contribution in [0.5, 0.6) is 0 Å². The van der Waals surface area contributed by atoms with E-state index in [2.05, 4.69) is 10.6 Å². The van der Waals surface area contributed by atoms with Crippen molar-refractivity contribution in [1.82, 2.24) is 10.6 Å². The van der Waals surface area contributed by atoms with Crippen molar-refractivity contribution in [3.05, 3.63) is 0 Å². The topological polar surface area (TPSA) is 96.9 Å². The molecule has 0 spiro atoms. The summed E-state index contributed by atoms with van der Waals surface area (Å²) in [5.74, 6) is -1.04. The Balaban J connectivity index is 2.31. The van der Waals surface area contributed by atoms with E-state index in [0.29, 0.717) is 32.7 Å². The first-order valence-corrected chi connectivity index (χ1v) is 6.50. The van der Waals surface area contributed by atoms with E-state index in [1.807, 2.05) is 0 Å². The molecule has 0 bridgehead atoms. The van der Waals surface area contributed by atoms with Crippen molar-refractivity contribution < 1.29 is 24.2 Å². The molecule has 0 saturated carbocycles. The Labute approximate surface area is 112 Å². The van der Waals surface area contributed by atoms with Gasteiger partial charge in [-0.2, -0.15) is 0 Å². The summed E-state index contributed by atoms with van der Waals surface area (Å²) in [6.45, 7) is 1.67. The number of carboxylic acid groups (broad SMARTS) is 1. The summed E-state index contributed by atoms with van der Waals surface area (Å²) in [4.78, 5) is 22.7. The van der Waals surface area contributed by atoms with E-state index in [9.17, 15) is 9.59 Å². The molecule has 0 aromatic heterocycles. The van der Waals surface area contributed by atoms with Crippen molar-refractivity contribution >= 4 is 12.0 Å². The standard InChI is InChI=1S/C12H22N2O5/c1-18-6-3-5-10(11(15)16)14-12(17)13-9-4-2-7-19-8-9/h9-10H,2-8H2,1H3,(H,15,16)(H2,13,14,17). The Bertz CT molecular complexity index is 292. The Hall–Kier alpha value is -1.34. The fourth-order valence-corrected chi connectivity index (χ4v) is 1.93. The summed E-state index contributed by atoms with van der Waals surface area (Å²) in [6, 6.07) is -1.39. The van der Waals surface area contributed by atoms with Crippen LogP contribution in [-0.4, -0.2) is 56.1 Å². The van der Waals surface area contributed by atoms with Crippen LogP contribution in [0.1, 0.15) is 25.7 Å². The molecule has 2 atom stereocenters. The van der Waals surface area contributed by atoms with Crippen molar-refractivity contribution in [2.24, 2.45) is 0 Å². The Morgan fingerprint density at radius 2 is 2.32 bits per heavy atom. The van der Waals surface area contributed by atoms with Crippen LogP contribution in [0.15, 0.2) is 0 Å². The summed E-state index contributed by atoms with van der Waals surface area (Å²) < 4.78 is 10.1. The second-order valence-electron chi connectivity index (χ2n) is 4.56. The summed E-state index contributed by atoms with van der Waals surface area (Å²) >= 11 is 0. The molecule has 0 aliphatic carbocycles. The number of carbonyl (C=O) groups excluding carboxylic acids is 1. The zero-order chi connectivity index (χ0) is 14.1. The van der Waals surface area contributed by atoms with E-state index in [1.165, 1.54) is 0 Å². The van der Waals surface area contributed by atoms with Gasteiger partial charge in [0, 0.05) is 20.3 Å². The van der Waals surface area contributed by atoms with Gasteiger partial charge in [0.05, 0.1) is 12.6 Å². The summed E-state index contributed by atoms with van der Waals surface area (Å²) in [6.07, 6.45) is 2.69. The van der Waals surface area contributed by atoms with Crippen molar-refractivity contribution in [3.63, 3.8) is 0 Å². The van der Waals surface area contributed by atoms with Gasteiger partial charge in [-0.3, -0.25) is 0 Å². The van der Waals surface area contributed by atoms with Crippen molar-refractivity contribution in [2.45, 2.75) is 37.8 Å². The first-order valence-electron chi connectivity index (χ1n) is 6.50. The SMILES string of the molecule is COCCCC(NC(=O)NC1CCCOC1)C(=O)O. The number of ether oxygens (including phenoxy) is 2. The first kappa shape index (κ1) is 15.7. The Morgan fingerprint density at radius 1 is 1.53 bits per heavy atom. The average molecular weight is 274 g/mol. The van der Waals surface area contributed by atoms with Crippen LogP contribution in [0.4, 0.5) is 4.79 Å². The van der Waals surface area contributed by atoms with Gasteiger partial charge in [-0.25, -0.2) is 9.59 Å². The van der Waals surface area contributed by atoms with Crippen LogP contribution >= 0.6 is 0 Å². The van der Waals surface area contributed by atoms with E-state index in [1.54, 1.807) is 7.11 Å². The number of amides is 2. The molecule has 3 N–H and O–H groups in total. The molecule has 1 aliphatic heterocycles. The molecule has 2 unspecified atom stereocenters. The van der Waals surface area contributed by atoms with Crippen LogP contribution in [-0.2, 0) is 14.3 Å². The average Bonchev–Trinajstić information content (AvgIpc) is 2.38. The van der Waals surface area contributed by atoms with Crippen LogP contribution in [0.3, 0.4) is 0 Å². The number of hydrogen-bond donors (Lipinski definition) is 3. The number of carbonyl (C=O) groups is 2. The van der Waals surface area contributed by atoms with Crippen LogP contribution in [0.25, 0.3) is 0 Å². The number of hydrogen-bond acceptors (Lipinski definition) is 4. The van der Waals surface area contributed by atoms with Crippen molar-refractivity contribution in [3.8, 4) is 0 Å². The summed E-state index contributed by atoms with van der Waals surface area (Å²) in [5.41, 5.74) is 0. The zero-order valence-corrected chi connectivity index (χ0v) is 11.2. The third-order valence-corrected chi connectivity index (χ3v) is 2.94. The van der Waals surface area contributed by atoms with Gasteiger partial charge in [0.15, 0.2) is 0 Å². The number of carboxylic acids is 1. The number of methoxy groups -OCH3 is 1. The molecule has 1 saturated heterocycles. The second kappa shape index (κ2) is 8.71. The van der Waals surface area contributed by atoms with E-state index < -0.39 is 18.0 Å². The van der Waals surface area contributed by atoms with Gasteiger partial charge in [0.2, 0.25) is 0 Å². The minimum absolute atomic E-state index is 0.0397. The highest BCUT2D eigenvalue weighted by molar-refractivity contribution is 5.82. The predicted molar refractivity (Wildman–Crippen MR) is 68.0 cm³/mol. The normalized spacial score (nSPS) is 20.6. The lowest BCUT2D eigenvalue weighted by Gasteiger charge is -2.24. The maximum absolute atomic E-state index is 11.7. The molecule has 1 aliphatic rings. The minimum atomic E-state index is -1.04. The molecule has 2 amide bonds. The Kier molecular flexibility index (Phi) is 7.20. The lowest BCUT2D eigenvalue weighted by atomic mass is 10.1. The number of nitrogens with one attached hydrogen (secondary N) is 2. The molecule has 0 aromatic rings. The second-order valence-corrected chi connectivity index (χ2v) is 4.56. The van der Waals surface area contributed by atoms with E-state index in [-0.39, 0.29) is 6.04 Å². The first-order chi connectivity index (χ1) is 9.13. The predicted octanol–water partition coefficient (Wildman–Crippen LogP) is 0.344. The Morgan fingerprint density at radius 3 is 2.89 bits per heavy atom. The van der Waals surface area contributed by atoms with Gasteiger partial charge in [-0.15, -0.1) is 0 Å². The fourth-order valence-electron chi connectivity index (χ4n) is 1.93. The van der Waals surface area contributed by atoms with E-state index in [4.69, 9.17) is 14.6 Å². The highest BCUT2D eigenvalue weighted by Gasteiger charge is 2.22. The largest absolute Gasteiger partial charge is 0.480 e. The van der Waals surface area contributed by atoms with Gasteiger partial charge in [-0.05, 0) is 25.7 Å². The smallest absolute Gasteiger partial charge is 0.326 e. The quantitative estimate of drug-likeness (QED) is 0.582. The number of aliphatic carboxylic acids is 1. The van der Waals surface area contributed by atoms with E-state index in [0.717, 1.165) is 12.8 Å². The van der Waals surface area contributed by atoms with Crippen LogP contribution in [0, 0.1) is 0 Å². The molecule has 1 heterocycles. The molecule has 7 nitrogen and oxygen atoms in total. The molecule has 1 rings (SSSR count). The van der Waals surface area contributed by atoms with Gasteiger partial charge < -0.3 is 25.2 Å². The van der Waals surface area contributed by atoms with Crippen molar-refractivity contribution in [1.29, 1.82) is 0 Å².